The molecular formula is C16H18N4. The van der Waals surface area contributed by atoms with Gasteiger partial charge >= 0.3 is 0 Å². The summed E-state index contributed by atoms with van der Waals surface area (Å²) in [6.45, 7) is 0. The summed E-state index contributed by atoms with van der Waals surface area (Å²) in [5.41, 5.74) is 3.17. The molecule has 4 heteroatoms. The van der Waals surface area contributed by atoms with Crippen LogP contribution in [-0.4, -0.2) is 16.0 Å². The first-order chi connectivity index (χ1) is 9.86. The quantitative estimate of drug-likeness (QED) is 0.832. The highest BCUT2D eigenvalue weighted by Crippen LogP contribution is 2.25. The number of nitrogens with zero attached hydrogens (tertiary/aromatic N) is 2. The summed E-state index contributed by atoms with van der Waals surface area (Å²) in [7, 11) is 0. The van der Waals surface area contributed by atoms with Crippen LogP contribution in [0.15, 0.2) is 30.6 Å². The van der Waals surface area contributed by atoms with E-state index in [1.165, 1.54) is 37.3 Å². The highest BCUT2D eigenvalue weighted by Gasteiger charge is 2.15. The number of nitriles is 1. The summed E-state index contributed by atoms with van der Waals surface area (Å²) in [6, 6.07) is 4.77. The molecule has 3 rings (SSSR count). The van der Waals surface area contributed by atoms with E-state index in [-0.39, 0.29) is 0 Å². The van der Waals surface area contributed by atoms with Gasteiger partial charge in [-0.3, -0.25) is 0 Å². The zero-order valence-corrected chi connectivity index (χ0v) is 11.4. The molecule has 1 saturated carbocycles. The highest BCUT2D eigenvalue weighted by molar-refractivity contribution is 5.83. The van der Waals surface area contributed by atoms with Crippen LogP contribution < -0.4 is 5.32 Å². The smallest absolute Gasteiger partial charge is 0.137 e. The SMILES string of the molecule is N#C/C=C\Cc1c[nH]c2ncc(NC3CCCC3)cc12. The van der Waals surface area contributed by atoms with E-state index in [1.54, 1.807) is 0 Å². The van der Waals surface area contributed by atoms with Gasteiger partial charge < -0.3 is 10.3 Å². The van der Waals surface area contributed by atoms with E-state index in [0.717, 1.165) is 23.1 Å². The van der Waals surface area contributed by atoms with Crippen LogP contribution in [0.2, 0.25) is 0 Å². The Hall–Kier alpha value is -2.28. The van der Waals surface area contributed by atoms with E-state index in [2.05, 4.69) is 21.4 Å². The maximum absolute atomic E-state index is 8.54. The van der Waals surface area contributed by atoms with Gasteiger partial charge in [-0.25, -0.2) is 4.98 Å². The Morgan fingerprint density at radius 2 is 2.30 bits per heavy atom. The lowest BCUT2D eigenvalue weighted by Crippen LogP contribution is -2.14. The predicted octanol–water partition coefficient (Wildman–Crippen LogP) is 3.54. The number of nitrogens with one attached hydrogen (secondary N) is 2. The molecule has 20 heavy (non-hydrogen) atoms. The summed E-state index contributed by atoms with van der Waals surface area (Å²) >= 11 is 0. The van der Waals surface area contributed by atoms with Gasteiger partial charge in [0.25, 0.3) is 0 Å². The van der Waals surface area contributed by atoms with Crippen LogP contribution in [0.3, 0.4) is 0 Å². The second-order valence-electron chi connectivity index (χ2n) is 5.30. The maximum Gasteiger partial charge on any atom is 0.137 e. The van der Waals surface area contributed by atoms with Crippen LogP contribution in [0.25, 0.3) is 11.0 Å². The van der Waals surface area contributed by atoms with Gasteiger partial charge in [0, 0.05) is 23.7 Å². The van der Waals surface area contributed by atoms with E-state index < -0.39 is 0 Å². The average Bonchev–Trinajstić information content (AvgIpc) is 3.09. The molecule has 0 spiro atoms. The van der Waals surface area contributed by atoms with Crippen molar-refractivity contribution in [1.29, 1.82) is 5.26 Å². The number of allylic oxidation sites excluding steroid dienone is 2. The number of aromatic amines is 1. The van der Waals surface area contributed by atoms with Crippen molar-refractivity contribution in [3.05, 3.63) is 36.2 Å². The van der Waals surface area contributed by atoms with Gasteiger partial charge in [-0.1, -0.05) is 18.9 Å². The van der Waals surface area contributed by atoms with E-state index in [0.29, 0.717) is 6.04 Å². The van der Waals surface area contributed by atoms with Crippen LogP contribution >= 0.6 is 0 Å². The Bertz CT molecular complexity index is 657. The molecule has 0 bridgehead atoms. The van der Waals surface area contributed by atoms with E-state index in [9.17, 15) is 0 Å². The molecule has 0 amide bonds. The average molecular weight is 266 g/mol. The van der Waals surface area contributed by atoms with Crippen molar-refractivity contribution in [3.63, 3.8) is 0 Å². The molecular weight excluding hydrogens is 248 g/mol. The van der Waals surface area contributed by atoms with E-state index >= 15 is 0 Å². The summed E-state index contributed by atoms with van der Waals surface area (Å²) in [5, 5.41) is 13.2. The molecule has 4 nitrogen and oxygen atoms in total. The minimum absolute atomic E-state index is 0.593. The number of hydrogen-bond acceptors (Lipinski definition) is 3. The summed E-state index contributed by atoms with van der Waals surface area (Å²) in [5.74, 6) is 0. The Morgan fingerprint density at radius 3 is 3.10 bits per heavy atom. The molecule has 2 aromatic rings. The number of aromatic nitrogens is 2. The van der Waals surface area contributed by atoms with Crippen molar-refractivity contribution >= 4 is 16.7 Å². The molecule has 2 heterocycles. The number of anilines is 1. The Kier molecular flexibility index (Phi) is 3.69. The van der Waals surface area contributed by atoms with E-state index in [4.69, 9.17) is 5.26 Å². The molecule has 1 aliphatic rings. The normalized spacial score (nSPS) is 15.9. The maximum atomic E-state index is 8.54. The third-order valence-electron chi connectivity index (χ3n) is 3.87. The lowest BCUT2D eigenvalue weighted by molar-refractivity contribution is 0.755. The van der Waals surface area contributed by atoms with E-state index in [1.807, 2.05) is 24.5 Å². The van der Waals surface area contributed by atoms with Crippen LogP contribution in [0.5, 0.6) is 0 Å². The summed E-state index contributed by atoms with van der Waals surface area (Å²) in [4.78, 5) is 7.65. The largest absolute Gasteiger partial charge is 0.381 e. The molecule has 0 aliphatic heterocycles. The Morgan fingerprint density at radius 1 is 1.45 bits per heavy atom. The first-order valence-corrected chi connectivity index (χ1v) is 7.14. The highest BCUT2D eigenvalue weighted by atomic mass is 14.9. The van der Waals surface area contributed by atoms with Gasteiger partial charge in [0.1, 0.15) is 5.65 Å². The zero-order chi connectivity index (χ0) is 13.8. The molecule has 0 unspecified atom stereocenters. The van der Waals surface area contributed by atoms with Crippen LogP contribution in [-0.2, 0) is 6.42 Å². The lowest BCUT2D eigenvalue weighted by atomic mass is 10.1. The summed E-state index contributed by atoms with van der Waals surface area (Å²) < 4.78 is 0. The molecule has 0 saturated heterocycles. The molecule has 0 atom stereocenters. The summed E-state index contributed by atoms with van der Waals surface area (Å²) in [6.07, 6.45) is 13.2. The minimum atomic E-state index is 0.593. The number of rotatable bonds is 4. The van der Waals surface area contributed by atoms with Crippen molar-refractivity contribution in [3.8, 4) is 6.07 Å². The zero-order valence-electron chi connectivity index (χ0n) is 11.4. The number of fused-ring (bicyclic) bond motifs is 1. The first-order valence-electron chi connectivity index (χ1n) is 7.14. The second kappa shape index (κ2) is 5.79. The Labute approximate surface area is 118 Å². The van der Waals surface area contributed by atoms with Crippen molar-refractivity contribution < 1.29 is 0 Å². The molecule has 1 fully saturated rings. The number of hydrogen-bond donors (Lipinski definition) is 2. The van der Waals surface area contributed by atoms with Gasteiger partial charge in [0.15, 0.2) is 0 Å². The molecule has 0 aromatic carbocycles. The van der Waals surface area contributed by atoms with Crippen LogP contribution in [0.4, 0.5) is 5.69 Å². The minimum Gasteiger partial charge on any atom is -0.381 e. The monoisotopic (exact) mass is 266 g/mol. The fraction of sp³-hybridized carbons (Fsp3) is 0.375. The molecule has 0 radical (unpaired) electrons. The standard InChI is InChI=1S/C16H18N4/c17-8-4-3-5-12-10-18-16-15(12)9-14(11-19-16)20-13-6-1-2-7-13/h3-4,9-11,13,20H,1-2,5-7H2,(H,18,19)/b4-3-. The molecule has 2 N–H and O–H groups in total. The van der Waals surface area contributed by atoms with Crippen LogP contribution in [0.1, 0.15) is 31.2 Å². The van der Waals surface area contributed by atoms with Crippen LogP contribution in [0, 0.1) is 11.3 Å². The van der Waals surface area contributed by atoms with Gasteiger partial charge in [-0.05, 0) is 30.9 Å². The Balaban J connectivity index is 1.82. The van der Waals surface area contributed by atoms with Gasteiger partial charge in [0.2, 0.25) is 0 Å². The molecule has 102 valence electrons. The number of H-pyrrole nitrogens is 1. The fourth-order valence-electron chi connectivity index (χ4n) is 2.85. The van der Waals surface area contributed by atoms with Crippen molar-refractivity contribution in [1.82, 2.24) is 9.97 Å². The third-order valence-corrected chi connectivity index (χ3v) is 3.87. The topological polar surface area (TPSA) is 64.5 Å². The number of pyridine rings is 1. The fourth-order valence-corrected chi connectivity index (χ4v) is 2.85. The molecule has 1 aliphatic carbocycles. The van der Waals surface area contributed by atoms with Gasteiger partial charge in [0.05, 0.1) is 18.0 Å². The van der Waals surface area contributed by atoms with Crippen molar-refractivity contribution in [2.75, 3.05) is 5.32 Å². The lowest BCUT2D eigenvalue weighted by Gasteiger charge is -2.13. The second-order valence-corrected chi connectivity index (χ2v) is 5.30. The van der Waals surface area contributed by atoms with Gasteiger partial charge in [-0.2, -0.15) is 5.26 Å². The van der Waals surface area contributed by atoms with Crippen molar-refractivity contribution in [2.24, 2.45) is 0 Å². The van der Waals surface area contributed by atoms with Crippen molar-refractivity contribution in [2.45, 2.75) is 38.1 Å². The van der Waals surface area contributed by atoms with Gasteiger partial charge in [-0.15, -0.1) is 0 Å². The molecule has 2 aromatic heterocycles. The third kappa shape index (κ3) is 2.67. The first kappa shape index (κ1) is 12.7. The predicted molar refractivity (Wildman–Crippen MR) is 80.4 cm³/mol.